The molecule has 0 aliphatic heterocycles. The van der Waals surface area contributed by atoms with Gasteiger partial charge in [0.15, 0.2) is 5.78 Å². The highest BCUT2D eigenvalue weighted by Gasteiger charge is 2.32. The van der Waals surface area contributed by atoms with Crippen LogP contribution in [0.15, 0.2) is 21.7 Å². The van der Waals surface area contributed by atoms with E-state index in [1.54, 1.807) is 13.8 Å². The third kappa shape index (κ3) is 2.64. The fourth-order valence-electron chi connectivity index (χ4n) is 3.26. The number of aryl methyl sites for hydroxylation is 2. The second kappa shape index (κ2) is 6.02. The first-order valence-electron chi connectivity index (χ1n) is 7.83. The maximum Gasteiger partial charge on any atom is 0.251 e. The van der Waals surface area contributed by atoms with Gasteiger partial charge in [0.25, 0.3) is 5.56 Å². The topological polar surface area (TPSA) is 89.0 Å². The highest BCUT2D eigenvalue weighted by molar-refractivity contribution is 6.18. The Morgan fingerprint density at radius 3 is 2.56 bits per heavy atom. The first-order chi connectivity index (χ1) is 11.8. The van der Waals surface area contributed by atoms with Gasteiger partial charge in [-0.3, -0.25) is 19.2 Å². The highest BCUT2D eigenvalue weighted by Crippen LogP contribution is 2.26. The molecule has 0 amide bonds. The summed E-state index contributed by atoms with van der Waals surface area (Å²) >= 11 is 0. The van der Waals surface area contributed by atoms with E-state index in [0.29, 0.717) is 16.7 Å². The quantitative estimate of drug-likeness (QED) is 0.833. The number of carbonyl (C=O) groups is 2. The Kier molecular flexibility index (Phi) is 4.01. The number of aromatic amines is 1. The van der Waals surface area contributed by atoms with Crippen LogP contribution in [-0.2, 0) is 13.0 Å². The predicted octanol–water partition coefficient (Wildman–Crippen LogP) is 1.15. The smallest absolute Gasteiger partial charge is 0.251 e. The molecule has 0 aromatic carbocycles. The van der Waals surface area contributed by atoms with Crippen LogP contribution < -0.4 is 11.1 Å². The van der Waals surface area contributed by atoms with E-state index >= 15 is 0 Å². The zero-order valence-electron chi connectivity index (χ0n) is 13.9. The number of aromatic nitrogens is 2. The van der Waals surface area contributed by atoms with Crippen molar-refractivity contribution in [2.45, 2.75) is 33.2 Å². The fourth-order valence-corrected chi connectivity index (χ4v) is 3.26. The zero-order valence-corrected chi connectivity index (χ0v) is 13.9. The van der Waals surface area contributed by atoms with E-state index < -0.39 is 16.9 Å². The summed E-state index contributed by atoms with van der Waals surface area (Å²) in [5.41, 5.74) is 0.976. The van der Waals surface area contributed by atoms with Crippen LogP contribution in [0.2, 0.25) is 0 Å². The monoisotopic (exact) mass is 336 g/mol. The third-order valence-electron chi connectivity index (χ3n) is 4.42. The molecule has 0 unspecified atom stereocenters. The van der Waals surface area contributed by atoms with E-state index in [-0.39, 0.29) is 42.1 Å². The largest absolute Gasteiger partial charge is 0.319 e. The van der Waals surface area contributed by atoms with E-state index in [9.17, 15) is 19.2 Å². The first-order valence-corrected chi connectivity index (χ1v) is 7.83. The predicted molar refractivity (Wildman–Crippen MR) is 92.2 cm³/mol. The van der Waals surface area contributed by atoms with Crippen LogP contribution in [-0.4, -0.2) is 21.1 Å². The summed E-state index contributed by atoms with van der Waals surface area (Å²) < 4.78 is 1.23. The van der Waals surface area contributed by atoms with Crippen LogP contribution in [0, 0.1) is 26.2 Å². The molecule has 1 N–H and O–H groups in total. The minimum atomic E-state index is -0.533. The normalized spacial score (nSPS) is 13.0. The van der Waals surface area contributed by atoms with Gasteiger partial charge in [0.1, 0.15) is 5.69 Å². The molecule has 1 aliphatic carbocycles. The molecule has 25 heavy (non-hydrogen) atoms. The van der Waals surface area contributed by atoms with Crippen LogP contribution >= 0.6 is 0 Å². The van der Waals surface area contributed by atoms with Gasteiger partial charge in [-0.15, -0.1) is 12.3 Å². The van der Waals surface area contributed by atoms with Crippen LogP contribution in [0.4, 0.5) is 0 Å². The second-order valence-corrected chi connectivity index (χ2v) is 6.09. The molecule has 0 bridgehead atoms. The summed E-state index contributed by atoms with van der Waals surface area (Å²) in [6.07, 6.45) is 5.51. The van der Waals surface area contributed by atoms with E-state index in [0.717, 1.165) is 0 Å². The molecule has 2 aromatic heterocycles. The molecule has 6 heteroatoms. The number of hydrogen-bond donors (Lipinski definition) is 1. The molecule has 0 fully saturated rings. The summed E-state index contributed by atoms with van der Waals surface area (Å²) in [7, 11) is 0. The molecule has 2 aromatic rings. The van der Waals surface area contributed by atoms with Crippen molar-refractivity contribution in [3.63, 3.8) is 0 Å². The van der Waals surface area contributed by atoms with Crippen LogP contribution in [0.3, 0.4) is 0 Å². The lowest BCUT2D eigenvalue weighted by Gasteiger charge is -2.15. The summed E-state index contributed by atoms with van der Waals surface area (Å²) in [6, 6.07) is 2.69. The summed E-state index contributed by atoms with van der Waals surface area (Å²) in [6.45, 7) is 3.44. The summed E-state index contributed by atoms with van der Waals surface area (Å²) in [4.78, 5) is 52.7. The number of ketones is 2. The number of nitrogens with one attached hydrogen (secondary N) is 1. The Morgan fingerprint density at radius 2 is 1.88 bits per heavy atom. The van der Waals surface area contributed by atoms with Gasteiger partial charge < -0.3 is 9.55 Å². The van der Waals surface area contributed by atoms with Crippen LogP contribution in [0.5, 0.6) is 0 Å². The van der Waals surface area contributed by atoms with Crippen molar-refractivity contribution in [3.05, 3.63) is 66.5 Å². The SMILES string of the molecule is C#CCCn1c2c(c(C)cc1=O)C(=O)Cc1c(C)cc(=O)[nH]c1C2=O. The van der Waals surface area contributed by atoms with Crippen LogP contribution in [0.25, 0.3) is 0 Å². The standard InChI is InChI=1S/C19H16N2O4/c1-4-5-6-21-15(24)8-11(3)16-13(22)9-12-10(2)7-14(23)20-17(12)19(25)18(16)21/h1,7-8H,5-6,9H2,2-3H3,(H,20,23). The van der Waals surface area contributed by atoms with Crippen LogP contribution in [0.1, 0.15) is 49.7 Å². The maximum atomic E-state index is 13.1. The average molecular weight is 336 g/mol. The molecule has 3 rings (SSSR count). The van der Waals surface area contributed by atoms with Gasteiger partial charge in [0.2, 0.25) is 11.3 Å². The molecule has 0 saturated heterocycles. The van der Waals surface area contributed by atoms with Crippen molar-refractivity contribution in [3.8, 4) is 12.3 Å². The van der Waals surface area contributed by atoms with E-state index in [2.05, 4.69) is 10.9 Å². The number of terminal acetylenes is 1. The Balaban J connectivity index is 2.40. The molecule has 6 nitrogen and oxygen atoms in total. The van der Waals surface area contributed by atoms with Gasteiger partial charge >= 0.3 is 0 Å². The number of rotatable bonds is 2. The van der Waals surface area contributed by atoms with E-state index in [4.69, 9.17) is 6.42 Å². The van der Waals surface area contributed by atoms with Crippen molar-refractivity contribution in [2.75, 3.05) is 0 Å². The molecular weight excluding hydrogens is 320 g/mol. The number of Topliss-reactive ketones (excluding diaryl/α,β-unsaturated/α-hetero) is 1. The number of nitrogens with zero attached hydrogens (tertiary/aromatic N) is 1. The number of carbonyl (C=O) groups excluding carboxylic acids is 2. The van der Waals surface area contributed by atoms with Gasteiger partial charge in [0.05, 0.1) is 5.69 Å². The minimum absolute atomic E-state index is 0.00486. The Labute approximate surface area is 143 Å². The lowest BCUT2D eigenvalue weighted by atomic mass is 9.99. The lowest BCUT2D eigenvalue weighted by Crippen LogP contribution is -2.30. The van der Waals surface area contributed by atoms with E-state index in [1.165, 1.54) is 16.7 Å². The lowest BCUT2D eigenvalue weighted by molar-refractivity contribution is 0.0979. The maximum absolute atomic E-state index is 13.1. The average Bonchev–Trinajstić information content (AvgIpc) is 2.64. The highest BCUT2D eigenvalue weighted by atomic mass is 16.2. The zero-order chi connectivity index (χ0) is 18.3. The first kappa shape index (κ1) is 16.7. The van der Waals surface area contributed by atoms with Gasteiger partial charge in [0, 0.05) is 37.1 Å². The van der Waals surface area contributed by atoms with Crippen molar-refractivity contribution >= 4 is 11.6 Å². The summed E-state index contributed by atoms with van der Waals surface area (Å²) in [5, 5.41) is 0. The number of H-pyrrole nitrogens is 1. The Morgan fingerprint density at radius 1 is 1.16 bits per heavy atom. The second-order valence-electron chi connectivity index (χ2n) is 6.09. The van der Waals surface area contributed by atoms with Crippen molar-refractivity contribution in [2.24, 2.45) is 0 Å². The van der Waals surface area contributed by atoms with Gasteiger partial charge in [-0.25, -0.2) is 0 Å². The van der Waals surface area contributed by atoms with Gasteiger partial charge in [-0.05, 0) is 30.5 Å². The number of fused-ring (bicyclic) bond motifs is 2. The molecule has 2 heterocycles. The Bertz CT molecular complexity index is 1080. The molecule has 1 aliphatic rings. The molecule has 0 saturated carbocycles. The number of hydrogen-bond acceptors (Lipinski definition) is 4. The molecule has 0 atom stereocenters. The van der Waals surface area contributed by atoms with E-state index in [1.807, 2.05) is 0 Å². The Hall–Kier alpha value is -3.20. The van der Waals surface area contributed by atoms with Crippen molar-refractivity contribution < 1.29 is 9.59 Å². The molecule has 126 valence electrons. The summed E-state index contributed by atoms with van der Waals surface area (Å²) in [5.74, 6) is 1.64. The van der Waals surface area contributed by atoms with Crippen molar-refractivity contribution in [1.29, 1.82) is 0 Å². The third-order valence-corrected chi connectivity index (χ3v) is 4.42. The fraction of sp³-hybridized carbons (Fsp3) is 0.263. The van der Waals surface area contributed by atoms with Gasteiger partial charge in [-0.2, -0.15) is 0 Å². The molecular formula is C19H16N2O4. The van der Waals surface area contributed by atoms with Crippen molar-refractivity contribution in [1.82, 2.24) is 9.55 Å². The minimum Gasteiger partial charge on any atom is -0.319 e. The number of pyridine rings is 2. The molecule has 0 radical (unpaired) electrons. The van der Waals surface area contributed by atoms with Gasteiger partial charge in [-0.1, -0.05) is 0 Å². The molecule has 0 spiro atoms.